The van der Waals surface area contributed by atoms with Gasteiger partial charge in [-0.2, -0.15) is 0 Å². The second-order valence-corrected chi connectivity index (χ2v) is 5.17. The van der Waals surface area contributed by atoms with E-state index >= 15 is 0 Å². The van der Waals surface area contributed by atoms with E-state index in [0.717, 1.165) is 31.2 Å². The summed E-state index contributed by atoms with van der Waals surface area (Å²) >= 11 is 11.9. The Morgan fingerprint density at radius 3 is 2.69 bits per heavy atom. The molecule has 1 fully saturated rings. The molecular formula is C13H14Cl2O. The summed E-state index contributed by atoms with van der Waals surface area (Å²) < 4.78 is 0. The highest BCUT2D eigenvalue weighted by atomic mass is 35.5. The summed E-state index contributed by atoms with van der Waals surface area (Å²) in [5, 5.41) is 1.36. The van der Waals surface area contributed by atoms with Gasteiger partial charge in [-0.15, -0.1) is 0 Å². The first-order valence-electron chi connectivity index (χ1n) is 5.63. The average molecular weight is 257 g/mol. The van der Waals surface area contributed by atoms with Crippen LogP contribution in [0.25, 0.3) is 0 Å². The lowest BCUT2D eigenvalue weighted by atomic mass is 10.0. The van der Waals surface area contributed by atoms with Gasteiger partial charge in [-0.05, 0) is 43.4 Å². The van der Waals surface area contributed by atoms with E-state index in [1.54, 1.807) is 6.07 Å². The number of Topliss-reactive ketones (excluding diaryl/α,β-unsaturated/α-hetero) is 1. The quantitative estimate of drug-likeness (QED) is 0.768. The molecule has 0 aromatic heterocycles. The molecular weight excluding hydrogens is 243 g/mol. The summed E-state index contributed by atoms with van der Waals surface area (Å²) in [4.78, 5) is 11.5. The molecule has 0 spiro atoms. The maximum Gasteiger partial charge on any atom is 0.135 e. The van der Waals surface area contributed by atoms with Crippen LogP contribution in [0.5, 0.6) is 0 Å². The number of rotatable bonds is 5. The third-order valence-corrected chi connectivity index (χ3v) is 3.50. The Kier molecular flexibility index (Phi) is 3.88. The topological polar surface area (TPSA) is 17.1 Å². The molecule has 1 aromatic rings. The molecule has 16 heavy (non-hydrogen) atoms. The predicted molar refractivity (Wildman–Crippen MR) is 67.1 cm³/mol. The largest absolute Gasteiger partial charge is 0.299 e. The van der Waals surface area contributed by atoms with Gasteiger partial charge in [0.15, 0.2) is 0 Å². The normalized spacial score (nSPS) is 15.1. The minimum atomic E-state index is 0.376. The van der Waals surface area contributed by atoms with Crippen molar-refractivity contribution >= 4 is 29.0 Å². The van der Waals surface area contributed by atoms with Crippen LogP contribution in [0.2, 0.25) is 10.0 Å². The van der Waals surface area contributed by atoms with Gasteiger partial charge in [0.1, 0.15) is 5.78 Å². The fourth-order valence-electron chi connectivity index (χ4n) is 1.79. The summed E-state index contributed by atoms with van der Waals surface area (Å²) in [5.74, 6) is 0.797. The third-order valence-electron chi connectivity index (χ3n) is 2.92. The van der Waals surface area contributed by atoms with E-state index in [2.05, 4.69) is 0 Å². The Morgan fingerprint density at radius 2 is 2.06 bits per heavy atom. The van der Waals surface area contributed by atoms with E-state index in [1.807, 2.05) is 12.1 Å². The van der Waals surface area contributed by atoms with E-state index in [4.69, 9.17) is 23.2 Å². The van der Waals surface area contributed by atoms with Crippen LogP contribution in [0, 0.1) is 5.92 Å². The van der Waals surface area contributed by atoms with Crippen LogP contribution in [-0.4, -0.2) is 5.78 Å². The second-order valence-electron chi connectivity index (χ2n) is 4.33. The minimum absolute atomic E-state index is 0.376. The van der Waals surface area contributed by atoms with Gasteiger partial charge in [0.25, 0.3) is 0 Å². The summed E-state index contributed by atoms with van der Waals surface area (Å²) in [6, 6.07) is 5.53. The molecule has 1 saturated carbocycles. The molecule has 0 unspecified atom stereocenters. The van der Waals surface area contributed by atoms with Crippen molar-refractivity contribution in [3.63, 3.8) is 0 Å². The van der Waals surface area contributed by atoms with Gasteiger partial charge in [-0.25, -0.2) is 0 Å². The molecule has 86 valence electrons. The monoisotopic (exact) mass is 256 g/mol. The molecule has 0 heterocycles. The number of carbonyl (C=O) groups excluding carboxylic acids is 1. The molecule has 0 saturated heterocycles. The van der Waals surface area contributed by atoms with E-state index in [1.165, 1.54) is 0 Å². The Labute approximate surface area is 106 Å². The van der Waals surface area contributed by atoms with Crippen molar-refractivity contribution in [1.29, 1.82) is 0 Å². The number of aryl methyl sites for hydroxylation is 1. The second kappa shape index (κ2) is 5.20. The minimum Gasteiger partial charge on any atom is -0.299 e. The lowest BCUT2D eigenvalue weighted by molar-refractivity contribution is -0.120. The maximum absolute atomic E-state index is 11.5. The summed E-state index contributed by atoms with van der Waals surface area (Å²) in [6.45, 7) is 0. The lowest BCUT2D eigenvalue weighted by Crippen LogP contribution is -2.00. The molecule has 0 N–H and O–H groups in total. The van der Waals surface area contributed by atoms with Crippen molar-refractivity contribution < 1.29 is 4.79 Å². The number of halogens is 2. The van der Waals surface area contributed by atoms with Crippen molar-refractivity contribution in [2.24, 2.45) is 5.92 Å². The molecule has 1 aliphatic carbocycles. The van der Waals surface area contributed by atoms with Crippen molar-refractivity contribution in [1.82, 2.24) is 0 Å². The molecule has 0 bridgehead atoms. The highest BCUT2D eigenvalue weighted by Crippen LogP contribution is 2.31. The fourth-order valence-corrected chi connectivity index (χ4v) is 2.29. The van der Waals surface area contributed by atoms with Crippen LogP contribution < -0.4 is 0 Å². The molecule has 0 atom stereocenters. The highest BCUT2D eigenvalue weighted by Gasteiger charge is 2.28. The zero-order chi connectivity index (χ0) is 11.5. The molecule has 1 aromatic carbocycles. The van der Waals surface area contributed by atoms with Crippen LogP contribution in [0.1, 0.15) is 31.2 Å². The smallest absolute Gasteiger partial charge is 0.135 e. The molecule has 1 aliphatic rings. The lowest BCUT2D eigenvalue weighted by Gasteiger charge is -2.04. The number of benzene rings is 1. The van der Waals surface area contributed by atoms with E-state index < -0.39 is 0 Å². The van der Waals surface area contributed by atoms with Gasteiger partial charge in [0.2, 0.25) is 0 Å². The van der Waals surface area contributed by atoms with Crippen LogP contribution in [0.3, 0.4) is 0 Å². The van der Waals surface area contributed by atoms with E-state index in [0.29, 0.717) is 28.2 Å². The predicted octanol–water partition coefficient (Wildman–Crippen LogP) is 4.30. The summed E-state index contributed by atoms with van der Waals surface area (Å²) in [6.07, 6.45) is 4.62. The number of hydrogen-bond acceptors (Lipinski definition) is 1. The van der Waals surface area contributed by atoms with E-state index in [9.17, 15) is 4.79 Å². The molecule has 2 rings (SSSR count). The molecule has 0 radical (unpaired) electrons. The molecule has 0 aliphatic heterocycles. The van der Waals surface area contributed by atoms with Gasteiger partial charge >= 0.3 is 0 Å². The summed E-state index contributed by atoms with van der Waals surface area (Å²) in [7, 11) is 0. The van der Waals surface area contributed by atoms with Crippen molar-refractivity contribution in [2.75, 3.05) is 0 Å². The van der Waals surface area contributed by atoms with Gasteiger partial charge in [-0.3, -0.25) is 4.79 Å². The Balaban J connectivity index is 1.82. The third kappa shape index (κ3) is 3.23. The van der Waals surface area contributed by atoms with Gasteiger partial charge in [-0.1, -0.05) is 29.3 Å². The number of hydrogen-bond donors (Lipinski definition) is 0. The Hall–Kier alpha value is -0.530. The van der Waals surface area contributed by atoms with Crippen molar-refractivity contribution in [3.05, 3.63) is 33.8 Å². The van der Waals surface area contributed by atoms with Crippen molar-refractivity contribution in [3.8, 4) is 0 Å². The first kappa shape index (κ1) is 11.9. The zero-order valence-electron chi connectivity index (χ0n) is 9.01. The Bertz CT molecular complexity index is 397. The van der Waals surface area contributed by atoms with Crippen LogP contribution in [0.4, 0.5) is 0 Å². The van der Waals surface area contributed by atoms with Gasteiger partial charge < -0.3 is 0 Å². The number of carbonyl (C=O) groups is 1. The highest BCUT2D eigenvalue weighted by molar-refractivity contribution is 6.35. The maximum atomic E-state index is 11.5. The fraction of sp³-hybridized carbons (Fsp3) is 0.462. The van der Waals surface area contributed by atoms with Gasteiger partial charge in [0.05, 0.1) is 0 Å². The van der Waals surface area contributed by atoms with Crippen LogP contribution in [0.15, 0.2) is 18.2 Å². The molecule has 1 nitrogen and oxygen atoms in total. The Morgan fingerprint density at radius 1 is 1.31 bits per heavy atom. The summed E-state index contributed by atoms with van der Waals surface area (Å²) in [5.41, 5.74) is 1.08. The number of ketones is 1. The first-order valence-corrected chi connectivity index (χ1v) is 6.39. The van der Waals surface area contributed by atoms with Crippen molar-refractivity contribution in [2.45, 2.75) is 32.1 Å². The zero-order valence-corrected chi connectivity index (χ0v) is 10.5. The molecule has 0 amide bonds. The van der Waals surface area contributed by atoms with E-state index in [-0.39, 0.29) is 0 Å². The SMILES string of the molecule is O=C(CCCc1ccc(Cl)cc1Cl)C1CC1. The standard InChI is InChI=1S/C13H14Cl2O/c14-11-7-6-9(12(15)8-11)2-1-3-13(16)10-4-5-10/h6-8,10H,1-5H2. The first-order chi connectivity index (χ1) is 7.66. The van der Waals surface area contributed by atoms with Crippen LogP contribution >= 0.6 is 23.2 Å². The molecule has 3 heteroatoms. The average Bonchev–Trinajstić information content (AvgIpc) is 3.04. The van der Waals surface area contributed by atoms with Gasteiger partial charge in [0, 0.05) is 22.4 Å². The van der Waals surface area contributed by atoms with Crippen LogP contribution in [-0.2, 0) is 11.2 Å².